The number of hydrogen-bond acceptors (Lipinski definition) is 5. The summed E-state index contributed by atoms with van der Waals surface area (Å²) >= 11 is 0. The summed E-state index contributed by atoms with van der Waals surface area (Å²) in [5.74, 6) is -1.77. The number of nitrogens with zero attached hydrogens (tertiary/aromatic N) is 4. The van der Waals surface area contributed by atoms with Crippen molar-refractivity contribution in [1.82, 2.24) is 9.58 Å². The van der Waals surface area contributed by atoms with Crippen molar-refractivity contribution in [2.24, 2.45) is 10.3 Å². The number of aromatic nitrogens is 1. The molecular weight excluding hydrogens is 442 g/mol. The number of carboxylic acids is 1. The molecule has 7 nitrogen and oxygen atoms in total. The predicted octanol–water partition coefficient (Wildman–Crippen LogP) is 4.34. The largest absolute Gasteiger partial charge is 0.481 e. The van der Waals surface area contributed by atoms with Crippen molar-refractivity contribution in [3.05, 3.63) is 82.7 Å². The average Bonchev–Trinajstić information content (AvgIpc) is 3.13. The van der Waals surface area contributed by atoms with Gasteiger partial charge >= 0.3 is 5.97 Å². The van der Waals surface area contributed by atoms with E-state index in [9.17, 15) is 23.8 Å². The molecule has 34 heavy (non-hydrogen) atoms. The Bertz CT molecular complexity index is 1330. The minimum atomic E-state index is -1.45. The number of carbonyl (C=O) groups is 1. The number of aliphatic carboxylic acids is 1. The number of halogens is 2. The zero-order valence-corrected chi connectivity index (χ0v) is 18.6. The Morgan fingerprint density at radius 2 is 1.97 bits per heavy atom. The molecule has 176 valence electrons. The van der Waals surface area contributed by atoms with Crippen LogP contribution in [0.25, 0.3) is 10.9 Å². The van der Waals surface area contributed by atoms with Gasteiger partial charge in [0.25, 0.3) is 0 Å². The SMILES string of the molecule is CC(O)(C1=CCN=NN1C1CCc2c(CC(=O)O)c3cccc(F)c3n2C1)c1ccc(F)cc1. The van der Waals surface area contributed by atoms with E-state index < -0.39 is 23.2 Å². The fourth-order valence-corrected chi connectivity index (χ4v) is 5.11. The lowest BCUT2D eigenvalue weighted by atomic mass is 9.90. The van der Waals surface area contributed by atoms with Crippen LogP contribution >= 0.6 is 0 Å². The fraction of sp³-hybridized carbons (Fsp3) is 0.320. The van der Waals surface area contributed by atoms with Crippen molar-refractivity contribution in [3.8, 4) is 0 Å². The third-order valence-corrected chi connectivity index (χ3v) is 6.72. The van der Waals surface area contributed by atoms with Gasteiger partial charge < -0.3 is 14.8 Å². The number of rotatable bonds is 5. The van der Waals surface area contributed by atoms with Gasteiger partial charge in [-0.3, -0.25) is 4.79 Å². The predicted molar refractivity (Wildman–Crippen MR) is 121 cm³/mol. The van der Waals surface area contributed by atoms with E-state index in [0.717, 1.165) is 5.69 Å². The van der Waals surface area contributed by atoms with Gasteiger partial charge in [-0.1, -0.05) is 29.5 Å². The van der Waals surface area contributed by atoms with Gasteiger partial charge in [0.1, 0.15) is 17.2 Å². The quantitative estimate of drug-likeness (QED) is 0.586. The Morgan fingerprint density at radius 3 is 2.71 bits per heavy atom. The van der Waals surface area contributed by atoms with E-state index >= 15 is 0 Å². The lowest BCUT2D eigenvalue weighted by molar-refractivity contribution is -0.136. The third-order valence-electron chi connectivity index (χ3n) is 6.72. The average molecular weight is 466 g/mol. The molecule has 2 N–H and O–H groups in total. The van der Waals surface area contributed by atoms with E-state index in [1.54, 1.807) is 30.1 Å². The zero-order valence-electron chi connectivity index (χ0n) is 18.6. The second kappa shape index (κ2) is 8.32. The Balaban J connectivity index is 1.53. The van der Waals surface area contributed by atoms with E-state index in [-0.39, 0.29) is 12.5 Å². The maximum absolute atomic E-state index is 14.9. The Morgan fingerprint density at radius 1 is 1.21 bits per heavy atom. The number of carboxylic acid groups (broad SMARTS) is 1. The molecule has 0 bridgehead atoms. The van der Waals surface area contributed by atoms with Crippen molar-refractivity contribution in [3.63, 3.8) is 0 Å². The molecule has 2 unspecified atom stereocenters. The minimum absolute atomic E-state index is 0.180. The summed E-state index contributed by atoms with van der Waals surface area (Å²) in [4.78, 5) is 11.5. The van der Waals surface area contributed by atoms with Crippen molar-refractivity contribution >= 4 is 16.9 Å². The van der Waals surface area contributed by atoms with Crippen molar-refractivity contribution < 1.29 is 23.8 Å². The van der Waals surface area contributed by atoms with Crippen molar-refractivity contribution in [2.45, 2.75) is 44.4 Å². The van der Waals surface area contributed by atoms with E-state index in [1.807, 2.05) is 4.57 Å². The normalized spacial score (nSPS) is 19.6. The van der Waals surface area contributed by atoms with E-state index in [4.69, 9.17) is 0 Å². The smallest absolute Gasteiger partial charge is 0.307 e. The summed E-state index contributed by atoms with van der Waals surface area (Å²) < 4.78 is 30.2. The maximum Gasteiger partial charge on any atom is 0.307 e. The highest BCUT2D eigenvalue weighted by atomic mass is 19.1. The molecule has 0 aliphatic carbocycles. The molecule has 3 heterocycles. The van der Waals surface area contributed by atoms with Crippen LogP contribution in [-0.4, -0.2) is 38.3 Å². The van der Waals surface area contributed by atoms with Crippen LogP contribution in [0, 0.1) is 11.6 Å². The molecule has 2 atom stereocenters. The first-order valence-corrected chi connectivity index (χ1v) is 11.1. The molecule has 2 aromatic carbocycles. The number of benzene rings is 2. The van der Waals surface area contributed by atoms with Crippen LogP contribution in [0.15, 0.2) is 64.6 Å². The van der Waals surface area contributed by atoms with Crippen LogP contribution in [-0.2, 0) is 29.8 Å². The van der Waals surface area contributed by atoms with Gasteiger partial charge in [-0.15, -0.1) is 0 Å². The molecule has 2 aliphatic heterocycles. The molecule has 9 heteroatoms. The van der Waals surface area contributed by atoms with Gasteiger partial charge in [0, 0.05) is 17.6 Å². The molecule has 0 amide bonds. The van der Waals surface area contributed by atoms with Gasteiger partial charge in [-0.25, -0.2) is 13.8 Å². The zero-order chi connectivity index (χ0) is 24.0. The van der Waals surface area contributed by atoms with Gasteiger partial charge in [-0.2, -0.15) is 5.11 Å². The summed E-state index contributed by atoms with van der Waals surface area (Å²) in [5, 5.41) is 31.6. The summed E-state index contributed by atoms with van der Waals surface area (Å²) in [6.07, 6.45) is 2.75. The van der Waals surface area contributed by atoms with Crippen molar-refractivity contribution in [2.75, 3.05) is 6.54 Å². The van der Waals surface area contributed by atoms with Gasteiger partial charge in [0.15, 0.2) is 0 Å². The van der Waals surface area contributed by atoms with Crippen molar-refractivity contribution in [1.29, 1.82) is 0 Å². The number of hydrogen-bond donors (Lipinski definition) is 2. The Labute approximate surface area is 194 Å². The monoisotopic (exact) mass is 466 g/mol. The van der Waals surface area contributed by atoms with Crippen LogP contribution in [0.2, 0.25) is 0 Å². The van der Waals surface area contributed by atoms with E-state index in [1.165, 1.54) is 30.3 Å². The highest BCUT2D eigenvalue weighted by Gasteiger charge is 2.38. The highest BCUT2D eigenvalue weighted by Crippen LogP contribution is 2.39. The summed E-state index contributed by atoms with van der Waals surface area (Å²) in [5.41, 5.74) is 1.40. The summed E-state index contributed by atoms with van der Waals surface area (Å²) in [6, 6.07) is 10.1. The molecule has 0 fully saturated rings. The number of aliphatic hydroxyl groups is 1. The Hall–Kier alpha value is -3.59. The van der Waals surface area contributed by atoms with Gasteiger partial charge in [0.2, 0.25) is 0 Å². The molecule has 0 spiro atoms. The van der Waals surface area contributed by atoms with E-state index in [0.29, 0.717) is 53.7 Å². The first-order chi connectivity index (χ1) is 16.3. The second-order valence-electron chi connectivity index (χ2n) is 8.86. The molecule has 0 radical (unpaired) electrons. The Kier molecular flexibility index (Phi) is 5.44. The maximum atomic E-state index is 14.9. The third kappa shape index (κ3) is 3.66. The van der Waals surface area contributed by atoms with Crippen LogP contribution in [0.3, 0.4) is 0 Å². The molecule has 0 saturated heterocycles. The van der Waals surface area contributed by atoms with Gasteiger partial charge in [-0.05, 0) is 55.2 Å². The molecule has 2 aliphatic rings. The number of fused-ring (bicyclic) bond motifs is 3. The first-order valence-electron chi connectivity index (χ1n) is 11.1. The van der Waals surface area contributed by atoms with E-state index in [2.05, 4.69) is 10.3 Å². The van der Waals surface area contributed by atoms with Crippen LogP contribution < -0.4 is 0 Å². The molecular formula is C25H24F2N4O3. The highest BCUT2D eigenvalue weighted by molar-refractivity contribution is 5.89. The minimum Gasteiger partial charge on any atom is -0.481 e. The van der Waals surface area contributed by atoms with Gasteiger partial charge in [0.05, 0.1) is 30.2 Å². The lowest BCUT2D eigenvalue weighted by Crippen LogP contribution is -2.44. The molecule has 1 aromatic heterocycles. The standard InChI is InChI=1S/C25H24F2N4O3/c1-25(34,15-5-7-16(26)8-6-15)22-11-12-28-29-31(22)17-9-10-21-19(13-23(32)33)18-3-2-4-20(27)24(18)30(21)14-17/h2-8,11,17,34H,9-10,12-14H2,1H3,(H,32,33). The number of para-hydroxylation sites is 1. The topological polar surface area (TPSA) is 90.4 Å². The summed E-state index contributed by atoms with van der Waals surface area (Å²) in [6.45, 7) is 2.27. The second-order valence-corrected chi connectivity index (χ2v) is 8.86. The lowest BCUT2D eigenvalue weighted by Gasteiger charge is -2.40. The fourth-order valence-electron chi connectivity index (χ4n) is 5.11. The molecule has 0 saturated carbocycles. The van der Waals surface area contributed by atoms with Crippen LogP contribution in [0.5, 0.6) is 0 Å². The molecule has 3 aromatic rings. The molecule has 5 rings (SSSR count). The van der Waals surface area contributed by atoms with Crippen LogP contribution in [0.4, 0.5) is 8.78 Å². The summed E-state index contributed by atoms with van der Waals surface area (Å²) in [7, 11) is 0. The first kappa shape index (κ1) is 22.2. The van der Waals surface area contributed by atoms with Crippen LogP contribution in [0.1, 0.15) is 30.2 Å².